The van der Waals surface area contributed by atoms with E-state index in [2.05, 4.69) is 4.98 Å². The Bertz CT molecular complexity index is 729. The van der Waals surface area contributed by atoms with Crippen LogP contribution in [0.15, 0.2) is 40.4 Å². The summed E-state index contributed by atoms with van der Waals surface area (Å²) in [6.45, 7) is 0. The zero-order valence-electron chi connectivity index (χ0n) is 9.80. The molecular weight excluding hydrogens is 319 g/mol. The number of hydrogen-bond donors (Lipinski definition) is 1. The Hall–Kier alpha value is -1.74. The maximum absolute atomic E-state index is 11.0. The number of hydrogen-bond acceptors (Lipinski definition) is 4. The zero-order valence-corrected chi connectivity index (χ0v) is 12.1. The molecule has 0 aliphatic heterocycles. The third-order valence-electron chi connectivity index (χ3n) is 2.36. The maximum Gasteiger partial charge on any atom is 0.337 e. The first-order chi connectivity index (χ1) is 9.52. The Morgan fingerprint density at radius 1 is 1.35 bits per heavy atom. The van der Waals surface area contributed by atoms with Crippen molar-refractivity contribution in [3.8, 4) is 6.07 Å². The lowest BCUT2D eigenvalue weighted by Gasteiger charge is -2.06. The molecule has 0 bridgehead atoms. The Balaban J connectivity index is 2.39. The average Bonchev–Trinajstić information content (AvgIpc) is 2.43. The van der Waals surface area contributed by atoms with Crippen molar-refractivity contribution in [2.45, 2.75) is 9.92 Å². The minimum absolute atomic E-state index is 0.00391. The van der Waals surface area contributed by atoms with E-state index in [0.717, 1.165) is 0 Å². The summed E-state index contributed by atoms with van der Waals surface area (Å²) in [5, 5.41) is 18.7. The third-order valence-corrected chi connectivity index (χ3v) is 4.18. The van der Waals surface area contributed by atoms with Crippen LogP contribution in [0, 0.1) is 11.3 Å². The van der Waals surface area contributed by atoms with E-state index in [1.54, 1.807) is 6.07 Å². The maximum atomic E-state index is 11.0. The van der Waals surface area contributed by atoms with Crippen LogP contribution in [0.1, 0.15) is 15.9 Å². The van der Waals surface area contributed by atoms with Crippen LogP contribution < -0.4 is 0 Å². The van der Waals surface area contributed by atoms with E-state index >= 15 is 0 Å². The van der Waals surface area contributed by atoms with Gasteiger partial charge in [0, 0.05) is 11.1 Å². The van der Waals surface area contributed by atoms with Crippen molar-refractivity contribution < 1.29 is 9.90 Å². The normalized spacial score (nSPS) is 10.1. The van der Waals surface area contributed by atoms with Crippen molar-refractivity contribution in [3.63, 3.8) is 0 Å². The molecule has 0 aliphatic carbocycles. The molecule has 1 aromatic carbocycles. The Morgan fingerprint density at radius 3 is 2.75 bits per heavy atom. The second-order valence-corrected chi connectivity index (χ2v) is 5.49. The van der Waals surface area contributed by atoms with E-state index in [1.807, 2.05) is 6.07 Å². The number of aromatic carboxylic acids is 1. The number of halogens is 2. The molecule has 2 rings (SSSR count). The smallest absolute Gasteiger partial charge is 0.337 e. The highest BCUT2D eigenvalue weighted by Gasteiger charge is 2.13. The minimum Gasteiger partial charge on any atom is -0.478 e. The fourth-order valence-corrected chi connectivity index (χ4v) is 2.74. The van der Waals surface area contributed by atoms with Gasteiger partial charge >= 0.3 is 5.97 Å². The van der Waals surface area contributed by atoms with Crippen LogP contribution in [0.2, 0.25) is 10.0 Å². The lowest BCUT2D eigenvalue weighted by molar-refractivity contribution is 0.0697. The Kier molecular flexibility index (Phi) is 4.50. The first-order valence-corrected chi connectivity index (χ1v) is 6.85. The van der Waals surface area contributed by atoms with Gasteiger partial charge in [0.05, 0.1) is 21.2 Å². The number of benzene rings is 1. The zero-order chi connectivity index (χ0) is 14.7. The molecule has 100 valence electrons. The fraction of sp³-hybridized carbons (Fsp3) is 0. The van der Waals surface area contributed by atoms with Gasteiger partial charge in [-0.05, 0) is 24.3 Å². The predicted molar refractivity (Wildman–Crippen MR) is 76.5 cm³/mol. The summed E-state index contributed by atoms with van der Waals surface area (Å²) in [4.78, 5) is 15.7. The van der Waals surface area contributed by atoms with Crippen molar-refractivity contribution in [1.29, 1.82) is 5.26 Å². The summed E-state index contributed by atoms with van der Waals surface area (Å²) in [5.74, 6) is -1.11. The number of nitrogens with zero attached hydrogens (tertiary/aromatic N) is 2. The monoisotopic (exact) mass is 324 g/mol. The molecule has 0 saturated carbocycles. The van der Waals surface area contributed by atoms with Crippen LogP contribution in [0.25, 0.3) is 0 Å². The lowest BCUT2D eigenvalue weighted by Crippen LogP contribution is -1.97. The first-order valence-electron chi connectivity index (χ1n) is 5.28. The van der Waals surface area contributed by atoms with Crippen molar-refractivity contribution in [2.75, 3.05) is 0 Å². The van der Waals surface area contributed by atoms with Gasteiger partial charge in [-0.3, -0.25) is 0 Å². The van der Waals surface area contributed by atoms with Gasteiger partial charge in [-0.15, -0.1) is 0 Å². The molecule has 1 aromatic heterocycles. The van der Waals surface area contributed by atoms with E-state index in [1.165, 1.54) is 36.2 Å². The number of carboxylic acid groups (broad SMARTS) is 1. The van der Waals surface area contributed by atoms with Gasteiger partial charge in [0.25, 0.3) is 0 Å². The molecule has 0 aliphatic rings. The summed E-state index contributed by atoms with van der Waals surface area (Å²) >= 11 is 13.0. The number of rotatable bonds is 3. The lowest BCUT2D eigenvalue weighted by atomic mass is 10.2. The van der Waals surface area contributed by atoms with Gasteiger partial charge in [-0.25, -0.2) is 9.78 Å². The van der Waals surface area contributed by atoms with Crippen LogP contribution >= 0.6 is 35.0 Å². The van der Waals surface area contributed by atoms with Gasteiger partial charge in [-0.1, -0.05) is 35.0 Å². The van der Waals surface area contributed by atoms with Crippen molar-refractivity contribution in [3.05, 3.63) is 51.6 Å². The summed E-state index contributed by atoms with van der Waals surface area (Å²) in [5.41, 5.74) is 0.320. The molecule has 7 heteroatoms. The summed E-state index contributed by atoms with van der Waals surface area (Å²) in [7, 11) is 0. The molecule has 20 heavy (non-hydrogen) atoms. The minimum atomic E-state index is -1.11. The molecule has 0 radical (unpaired) electrons. The average molecular weight is 325 g/mol. The molecule has 2 aromatic rings. The number of nitriles is 1. The van der Waals surface area contributed by atoms with E-state index in [9.17, 15) is 4.79 Å². The van der Waals surface area contributed by atoms with Crippen molar-refractivity contribution in [2.24, 2.45) is 0 Å². The molecular formula is C13H6Cl2N2O2S. The van der Waals surface area contributed by atoms with Crippen LogP contribution in [-0.4, -0.2) is 16.1 Å². The summed E-state index contributed by atoms with van der Waals surface area (Å²) in [6.07, 6.45) is 1.47. The molecule has 0 saturated heterocycles. The predicted octanol–water partition coefficient (Wildman–Crippen LogP) is 4.11. The SMILES string of the molecule is N#Cc1ccnc(Sc2ccc(Cl)c(C(=O)O)c2)c1Cl. The Morgan fingerprint density at radius 2 is 2.10 bits per heavy atom. The molecule has 0 amide bonds. The van der Waals surface area contributed by atoms with E-state index < -0.39 is 5.97 Å². The summed E-state index contributed by atoms with van der Waals surface area (Å²) in [6, 6.07) is 8.07. The quantitative estimate of drug-likeness (QED) is 0.919. The molecule has 0 fully saturated rings. The highest BCUT2D eigenvalue weighted by molar-refractivity contribution is 7.99. The van der Waals surface area contributed by atoms with E-state index in [-0.39, 0.29) is 15.6 Å². The molecule has 0 unspecified atom stereocenters. The second-order valence-electron chi connectivity index (χ2n) is 3.64. The van der Waals surface area contributed by atoms with Gasteiger partial charge in [-0.2, -0.15) is 5.26 Å². The number of aromatic nitrogens is 1. The molecule has 4 nitrogen and oxygen atoms in total. The molecule has 1 heterocycles. The summed E-state index contributed by atoms with van der Waals surface area (Å²) < 4.78 is 0. The number of pyridine rings is 1. The number of carbonyl (C=O) groups is 1. The van der Waals surface area contributed by atoms with E-state index in [0.29, 0.717) is 15.5 Å². The standard InChI is InChI=1S/C13H6Cl2N2O2S/c14-10-2-1-8(5-9(10)13(18)19)20-12-11(15)7(6-16)3-4-17-12/h1-5H,(H,18,19). The van der Waals surface area contributed by atoms with Crippen LogP contribution in [0.5, 0.6) is 0 Å². The topological polar surface area (TPSA) is 74.0 Å². The van der Waals surface area contributed by atoms with Gasteiger partial charge in [0.2, 0.25) is 0 Å². The highest BCUT2D eigenvalue weighted by Crippen LogP contribution is 2.34. The van der Waals surface area contributed by atoms with E-state index in [4.69, 9.17) is 33.6 Å². The molecule has 1 N–H and O–H groups in total. The third kappa shape index (κ3) is 3.05. The molecule has 0 spiro atoms. The van der Waals surface area contributed by atoms with Crippen molar-refractivity contribution in [1.82, 2.24) is 4.98 Å². The largest absolute Gasteiger partial charge is 0.478 e. The van der Waals surface area contributed by atoms with Crippen LogP contribution in [0.4, 0.5) is 0 Å². The van der Waals surface area contributed by atoms with Crippen LogP contribution in [-0.2, 0) is 0 Å². The first kappa shape index (κ1) is 14.7. The second kappa shape index (κ2) is 6.14. The van der Waals surface area contributed by atoms with Gasteiger partial charge in [0.1, 0.15) is 11.1 Å². The molecule has 0 atom stereocenters. The number of carboxylic acids is 1. The van der Waals surface area contributed by atoms with Crippen LogP contribution in [0.3, 0.4) is 0 Å². The Labute approximate surface area is 129 Å². The van der Waals surface area contributed by atoms with Gasteiger partial charge < -0.3 is 5.11 Å². The van der Waals surface area contributed by atoms with Gasteiger partial charge in [0.15, 0.2) is 0 Å². The fourth-order valence-electron chi connectivity index (χ4n) is 1.43. The van der Waals surface area contributed by atoms with Crippen molar-refractivity contribution >= 4 is 40.9 Å². The highest BCUT2D eigenvalue weighted by atomic mass is 35.5.